The second kappa shape index (κ2) is 8.68. The van der Waals surface area contributed by atoms with Crippen molar-refractivity contribution in [2.75, 3.05) is 6.54 Å². The second-order valence-corrected chi connectivity index (χ2v) is 7.43. The van der Waals surface area contributed by atoms with E-state index in [-0.39, 0.29) is 12.1 Å². The molecular weight excluding hydrogens is 392 g/mol. The van der Waals surface area contributed by atoms with Gasteiger partial charge in [-0.1, -0.05) is 18.2 Å². The van der Waals surface area contributed by atoms with E-state index in [4.69, 9.17) is 0 Å². The summed E-state index contributed by atoms with van der Waals surface area (Å²) < 4.78 is 0. The van der Waals surface area contributed by atoms with Gasteiger partial charge in [-0.25, -0.2) is 10.0 Å². The molecule has 0 aliphatic carbocycles. The lowest BCUT2D eigenvalue weighted by Gasteiger charge is -2.43. The second-order valence-electron chi connectivity index (χ2n) is 7.43. The van der Waals surface area contributed by atoms with E-state index in [1.165, 1.54) is 10.0 Å². The molecule has 0 aliphatic rings. The van der Waals surface area contributed by atoms with Gasteiger partial charge >= 0.3 is 0 Å². The van der Waals surface area contributed by atoms with Crippen LogP contribution < -0.4 is 0 Å². The Morgan fingerprint density at radius 1 is 0.867 bits per heavy atom. The lowest BCUT2D eigenvalue weighted by molar-refractivity contribution is -0.394. The van der Waals surface area contributed by atoms with E-state index in [1.54, 1.807) is 58.0 Å². The first kappa shape index (κ1) is 22.5. The van der Waals surface area contributed by atoms with Gasteiger partial charge in [0.1, 0.15) is 0 Å². The maximum absolute atomic E-state index is 13.4. The third-order valence-corrected chi connectivity index (χ3v) is 4.20. The lowest BCUT2D eigenvalue weighted by atomic mass is 10.0. The summed E-state index contributed by atoms with van der Waals surface area (Å²) in [7, 11) is 0. The van der Waals surface area contributed by atoms with Gasteiger partial charge in [0.2, 0.25) is 0 Å². The third kappa shape index (κ3) is 4.77. The molecule has 0 aromatic heterocycles. The third-order valence-electron chi connectivity index (χ3n) is 4.20. The molecule has 0 heterocycles. The molecule has 2 aromatic rings. The van der Waals surface area contributed by atoms with Crippen molar-refractivity contribution in [3.05, 3.63) is 79.9 Å². The lowest BCUT2D eigenvalue weighted by Crippen LogP contribution is -2.58. The summed E-state index contributed by atoms with van der Waals surface area (Å²) >= 11 is 0. The minimum Gasteiger partial charge on any atom is -0.267 e. The van der Waals surface area contributed by atoms with E-state index in [1.807, 2.05) is 0 Å². The van der Waals surface area contributed by atoms with Gasteiger partial charge in [-0.2, -0.15) is 0 Å². The SMILES string of the molecule is CCN(C(=O)c1ccccc1)N(C(=O)c1cc([N+](=O)[O-])cc([N+](=O)[O-])c1)C(C)(C)C. The zero-order valence-electron chi connectivity index (χ0n) is 17.1. The molecule has 0 radical (unpaired) electrons. The molecule has 0 saturated carbocycles. The monoisotopic (exact) mass is 414 g/mol. The number of amides is 2. The predicted octanol–water partition coefficient (Wildman–Crippen LogP) is 3.82. The molecule has 0 fully saturated rings. The standard InChI is InChI=1S/C20H22N4O6/c1-5-21(18(25)14-9-7-6-8-10-14)22(20(2,3)4)19(26)15-11-16(23(27)28)13-17(12-15)24(29)30/h6-13H,5H2,1-4H3. The number of hydrogen-bond donors (Lipinski definition) is 0. The molecule has 0 bridgehead atoms. The Morgan fingerprint density at radius 3 is 1.77 bits per heavy atom. The molecule has 158 valence electrons. The molecule has 0 atom stereocenters. The molecule has 0 spiro atoms. The topological polar surface area (TPSA) is 127 Å². The van der Waals surface area contributed by atoms with Crippen LogP contribution in [0.1, 0.15) is 48.4 Å². The number of nitrogens with zero attached hydrogens (tertiary/aromatic N) is 4. The van der Waals surface area contributed by atoms with Crippen LogP contribution in [0.15, 0.2) is 48.5 Å². The fraction of sp³-hybridized carbons (Fsp3) is 0.300. The first-order valence-electron chi connectivity index (χ1n) is 9.12. The Hall–Kier alpha value is -3.82. The fourth-order valence-corrected chi connectivity index (χ4v) is 2.93. The van der Waals surface area contributed by atoms with Crippen LogP contribution >= 0.6 is 0 Å². The number of hydrazine groups is 1. The smallest absolute Gasteiger partial charge is 0.267 e. The van der Waals surface area contributed by atoms with Gasteiger partial charge in [0.25, 0.3) is 23.2 Å². The van der Waals surface area contributed by atoms with Crippen LogP contribution in [0.5, 0.6) is 0 Å². The minimum atomic E-state index is -0.906. The van der Waals surface area contributed by atoms with Gasteiger partial charge in [-0.3, -0.25) is 29.8 Å². The van der Waals surface area contributed by atoms with Crippen molar-refractivity contribution in [3.8, 4) is 0 Å². The molecule has 0 N–H and O–H groups in total. The minimum absolute atomic E-state index is 0.133. The molecule has 10 heteroatoms. The van der Waals surface area contributed by atoms with Crippen LogP contribution in [0.3, 0.4) is 0 Å². The Morgan fingerprint density at radius 2 is 1.37 bits per heavy atom. The summed E-state index contributed by atoms with van der Waals surface area (Å²) in [5.41, 5.74) is -1.98. The van der Waals surface area contributed by atoms with Gasteiger partial charge in [-0.15, -0.1) is 0 Å². The zero-order valence-corrected chi connectivity index (χ0v) is 17.1. The first-order chi connectivity index (χ1) is 14.0. The van der Waals surface area contributed by atoms with Gasteiger partial charge in [-0.05, 0) is 39.8 Å². The molecule has 0 saturated heterocycles. The number of hydrogen-bond acceptors (Lipinski definition) is 6. The van der Waals surface area contributed by atoms with E-state index in [0.29, 0.717) is 5.56 Å². The van der Waals surface area contributed by atoms with E-state index < -0.39 is 38.6 Å². The summed E-state index contributed by atoms with van der Waals surface area (Å²) in [6, 6.07) is 11.1. The molecule has 0 aliphatic heterocycles. The number of nitro groups is 2. The molecule has 2 aromatic carbocycles. The average Bonchev–Trinajstić information content (AvgIpc) is 2.70. The van der Waals surface area contributed by atoms with Gasteiger partial charge in [0, 0.05) is 24.2 Å². The maximum atomic E-state index is 13.4. The molecule has 2 rings (SSSR count). The van der Waals surface area contributed by atoms with Gasteiger partial charge in [0.15, 0.2) is 0 Å². The number of benzene rings is 2. The molecule has 30 heavy (non-hydrogen) atoms. The Bertz CT molecular complexity index is 952. The Kier molecular flexibility index (Phi) is 6.50. The van der Waals surface area contributed by atoms with E-state index in [2.05, 4.69) is 0 Å². The highest BCUT2D eigenvalue weighted by molar-refractivity contribution is 6.00. The Balaban J connectivity index is 2.59. The van der Waals surface area contributed by atoms with Crippen LogP contribution in [-0.4, -0.2) is 43.8 Å². The Labute approximate surface area is 173 Å². The van der Waals surface area contributed by atoms with Crippen molar-refractivity contribution in [3.63, 3.8) is 0 Å². The summed E-state index contributed by atoms with van der Waals surface area (Å²) in [5, 5.41) is 24.8. The highest BCUT2D eigenvalue weighted by atomic mass is 16.6. The highest BCUT2D eigenvalue weighted by Gasteiger charge is 2.36. The van der Waals surface area contributed by atoms with Crippen LogP contribution in [0, 0.1) is 20.2 Å². The van der Waals surface area contributed by atoms with E-state index in [0.717, 1.165) is 18.2 Å². The normalized spacial score (nSPS) is 10.9. The summed E-state index contributed by atoms with van der Waals surface area (Å²) in [6.45, 7) is 6.89. The summed E-state index contributed by atoms with van der Waals surface area (Å²) in [6.07, 6.45) is 0. The molecule has 0 unspecified atom stereocenters. The van der Waals surface area contributed by atoms with Crippen molar-refractivity contribution in [1.29, 1.82) is 0 Å². The van der Waals surface area contributed by atoms with Crippen LogP contribution in [0.4, 0.5) is 11.4 Å². The largest absolute Gasteiger partial charge is 0.277 e. The number of non-ortho nitro benzene ring substituents is 2. The quantitative estimate of drug-likeness (QED) is 0.540. The van der Waals surface area contributed by atoms with Crippen LogP contribution in [0.25, 0.3) is 0 Å². The van der Waals surface area contributed by atoms with Crippen LogP contribution in [-0.2, 0) is 0 Å². The zero-order chi connectivity index (χ0) is 22.6. The highest BCUT2D eigenvalue weighted by Crippen LogP contribution is 2.27. The number of carbonyl (C=O) groups excluding carboxylic acids is 2. The summed E-state index contributed by atoms with van der Waals surface area (Å²) in [4.78, 5) is 47.2. The van der Waals surface area contributed by atoms with Crippen molar-refractivity contribution < 1.29 is 19.4 Å². The van der Waals surface area contributed by atoms with Crippen molar-refractivity contribution in [2.45, 2.75) is 33.2 Å². The number of rotatable bonds is 5. The van der Waals surface area contributed by atoms with Gasteiger partial charge < -0.3 is 0 Å². The van der Waals surface area contributed by atoms with Crippen LogP contribution in [0.2, 0.25) is 0 Å². The molecule has 2 amide bonds. The van der Waals surface area contributed by atoms with Crippen molar-refractivity contribution in [1.82, 2.24) is 10.0 Å². The van der Waals surface area contributed by atoms with Gasteiger partial charge in [0.05, 0.1) is 27.0 Å². The van der Waals surface area contributed by atoms with E-state index >= 15 is 0 Å². The predicted molar refractivity (Wildman–Crippen MR) is 109 cm³/mol. The van der Waals surface area contributed by atoms with E-state index in [9.17, 15) is 29.8 Å². The average molecular weight is 414 g/mol. The fourth-order valence-electron chi connectivity index (χ4n) is 2.93. The summed E-state index contributed by atoms with van der Waals surface area (Å²) in [5.74, 6) is -1.21. The van der Waals surface area contributed by atoms with Crippen molar-refractivity contribution >= 4 is 23.2 Å². The number of nitro benzene ring substituents is 2. The molecular formula is C20H22N4O6. The molecule has 10 nitrogen and oxygen atoms in total. The van der Waals surface area contributed by atoms with Crippen molar-refractivity contribution in [2.24, 2.45) is 0 Å². The first-order valence-corrected chi connectivity index (χ1v) is 9.12. The maximum Gasteiger partial charge on any atom is 0.277 e. The number of carbonyl (C=O) groups is 2.